The van der Waals surface area contributed by atoms with Gasteiger partial charge in [0.2, 0.25) is 0 Å². The molecule has 1 aliphatic heterocycles. The van der Waals surface area contributed by atoms with Gasteiger partial charge in [-0.3, -0.25) is 5.21 Å². The van der Waals surface area contributed by atoms with Gasteiger partial charge in [-0.25, -0.2) is 9.86 Å². The average Bonchev–Trinajstić information content (AvgIpc) is 2.68. The number of aryl methyl sites for hydroxylation is 1. The van der Waals surface area contributed by atoms with Gasteiger partial charge in [0.15, 0.2) is 0 Å². The van der Waals surface area contributed by atoms with Gasteiger partial charge in [0.1, 0.15) is 5.75 Å². The lowest BCUT2D eigenvalue weighted by Gasteiger charge is -2.32. The van der Waals surface area contributed by atoms with Gasteiger partial charge in [0.05, 0.1) is 6.54 Å². The van der Waals surface area contributed by atoms with Crippen LogP contribution in [0.5, 0.6) is 5.75 Å². The number of benzene rings is 2. The van der Waals surface area contributed by atoms with E-state index in [1.165, 1.54) is 6.07 Å². The van der Waals surface area contributed by atoms with Crippen LogP contribution in [0, 0.1) is 0 Å². The minimum absolute atomic E-state index is 0.103. The van der Waals surface area contributed by atoms with Gasteiger partial charge in [-0.15, -0.1) is 0 Å². The molecule has 156 valence electrons. The van der Waals surface area contributed by atoms with Crippen molar-refractivity contribution in [3.05, 3.63) is 59.2 Å². The molecule has 29 heavy (non-hydrogen) atoms. The van der Waals surface area contributed by atoms with Crippen LogP contribution in [0.3, 0.4) is 0 Å². The van der Waals surface area contributed by atoms with Gasteiger partial charge in [0.25, 0.3) is 0 Å². The third-order valence-corrected chi connectivity index (χ3v) is 4.75. The number of hydrogen-bond donors (Lipinski definition) is 2. The largest absolute Gasteiger partial charge is 0.435 e. The van der Waals surface area contributed by atoms with Crippen molar-refractivity contribution in [3.8, 4) is 5.75 Å². The number of carbonyl (C=O) groups is 1. The quantitative estimate of drug-likeness (QED) is 0.536. The maximum Gasteiger partial charge on any atom is 0.387 e. The number of fused-ring (bicyclic) bond motifs is 1. The van der Waals surface area contributed by atoms with Crippen molar-refractivity contribution < 1.29 is 23.5 Å². The Morgan fingerprint density at radius 1 is 1.28 bits per heavy atom. The standard InChI is InChI=1S/C21H25F2N3O3/c1-2-24-21(27)26(28)14-16-8-9-19-17(11-16)6-4-10-25(19)13-15-5-3-7-18(12-15)29-20(22)23/h3,5,7-9,11-12,20,28H,2,4,6,10,13-14H2,1H3,(H,24,27). The van der Waals surface area contributed by atoms with Crippen LogP contribution in [0.4, 0.5) is 19.3 Å². The molecule has 0 aromatic heterocycles. The lowest BCUT2D eigenvalue weighted by molar-refractivity contribution is -0.0506. The number of anilines is 1. The first kappa shape index (κ1) is 20.9. The summed E-state index contributed by atoms with van der Waals surface area (Å²) in [6.45, 7) is 0.930. The number of rotatable bonds is 7. The summed E-state index contributed by atoms with van der Waals surface area (Å²) in [5.41, 5.74) is 3.94. The molecular weight excluding hydrogens is 380 g/mol. The third kappa shape index (κ3) is 5.57. The second-order valence-electron chi connectivity index (χ2n) is 6.91. The van der Waals surface area contributed by atoms with Gasteiger partial charge < -0.3 is 15.0 Å². The van der Waals surface area contributed by atoms with E-state index in [-0.39, 0.29) is 12.3 Å². The summed E-state index contributed by atoms with van der Waals surface area (Å²) >= 11 is 0. The Kier molecular flexibility index (Phi) is 6.87. The summed E-state index contributed by atoms with van der Waals surface area (Å²) in [7, 11) is 0. The summed E-state index contributed by atoms with van der Waals surface area (Å²) in [6.07, 6.45) is 1.86. The Morgan fingerprint density at radius 2 is 2.10 bits per heavy atom. The highest BCUT2D eigenvalue weighted by Gasteiger charge is 2.19. The molecule has 2 amide bonds. The lowest BCUT2D eigenvalue weighted by Crippen LogP contribution is -2.37. The number of nitrogens with one attached hydrogen (secondary N) is 1. The Bertz CT molecular complexity index is 848. The van der Waals surface area contributed by atoms with Crippen molar-refractivity contribution >= 4 is 11.7 Å². The summed E-state index contributed by atoms with van der Waals surface area (Å²) in [5, 5.41) is 13.1. The Hall–Kier alpha value is -2.87. The summed E-state index contributed by atoms with van der Waals surface area (Å²) in [6, 6.07) is 12.1. The van der Waals surface area contributed by atoms with Crippen LogP contribution in [0.1, 0.15) is 30.0 Å². The number of alkyl halides is 2. The number of carbonyl (C=O) groups excluding carboxylic acids is 1. The maximum absolute atomic E-state index is 12.5. The molecule has 0 bridgehead atoms. The zero-order valence-corrected chi connectivity index (χ0v) is 16.3. The fraction of sp³-hybridized carbons (Fsp3) is 0.381. The molecule has 2 aromatic carbocycles. The fourth-order valence-corrected chi connectivity index (χ4v) is 3.52. The van der Waals surface area contributed by atoms with Crippen molar-refractivity contribution in [1.82, 2.24) is 10.4 Å². The Balaban J connectivity index is 1.71. The molecule has 0 spiro atoms. The second kappa shape index (κ2) is 9.56. The number of amides is 2. The first-order valence-electron chi connectivity index (χ1n) is 9.61. The van der Waals surface area contributed by atoms with Gasteiger partial charge in [-0.1, -0.05) is 24.3 Å². The SMILES string of the molecule is CCNC(=O)N(O)Cc1ccc2c(c1)CCCN2Cc1cccc(OC(F)F)c1. The average molecular weight is 405 g/mol. The summed E-state index contributed by atoms with van der Waals surface area (Å²) < 4.78 is 29.4. The first-order chi connectivity index (χ1) is 14.0. The van der Waals surface area contributed by atoms with Crippen LogP contribution in [-0.2, 0) is 19.5 Å². The molecule has 0 atom stereocenters. The first-order valence-corrected chi connectivity index (χ1v) is 9.61. The third-order valence-electron chi connectivity index (χ3n) is 4.75. The minimum Gasteiger partial charge on any atom is -0.435 e. The zero-order valence-electron chi connectivity index (χ0n) is 16.3. The van der Waals surface area contributed by atoms with Crippen molar-refractivity contribution in [2.75, 3.05) is 18.0 Å². The van der Waals surface area contributed by atoms with Crippen LogP contribution in [-0.4, -0.2) is 36.0 Å². The topological polar surface area (TPSA) is 65.0 Å². The number of urea groups is 1. The molecule has 2 N–H and O–H groups in total. The van der Waals surface area contributed by atoms with E-state index < -0.39 is 12.6 Å². The lowest BCUT2D eigenvalue weighted by atomic mass is 9.98. The van der Waals surface area contributed by atoms with Gasteiger partial charge in [-0.2, -0.15) is 8.78 Å². The minimum atomic E-state index is -2.84. The molecular formula is C21H25F2N3O3. The molecule has 0 saturated carbocycles. The van der Waals surface area contributed by atoms with E-state index >= 15 is 0 Å². The highest BCUT2D eigenvalue weighted by Crippen LogP contribution is 2.30. The van der Waals surface area contributed by atoms with E-state index in [9.17, 15) is 18.8 Å². The van der Waals surface area contributed by atoms with Crippen LogP contribution in [0.2, 0.25) is 0 Å². The van der Waals surface area contributed by atoms with Crippen molar-refractivity contribution in [2.24, 2.45) is 0 Å². The van der Waals surface area contributed by atoms with E-state index in [0.29, 0.717) is 18.2 Å². The van der Waals surface area contributed by atoms with Crippen molar-refractivity contribution in [2.45, 2.75) is 39.5 Å². The van der Waals surface area contributed by atoms with Gasteiger partial charge >= 0.3 is 12.6 Å². The highest BCUT2D eigenvalue weighted by molar-refractivity contribution is 5.72. The number of hydrogen-bond acceptors (Lipinski definition) is 4. The number of hydroxylamine groups is 2. The summed E-state index contributed by atoms with van der Waals surface area (Å²) in [5.74, 6) is 0.151. The molecule has 0 aliphatic carbocycles. The van der Waals surface area contributed by atoms with Crippen molar-refractivity contribution in [1.29, 1.82) is 0 Å². The fourth-order valence-electron chi connectivity index (χ4n) is 3.52. The second-order valence-corrected chi connectivity index (χ2v) is 6.91. The highest BCUT2D eigenvalue weighted by atomic mass is 19.3. The molecule has 0 radical (unpaired) electrons. The number of nitrogens with zero attached hydrogens (tertiary/aromatic N) is 2. The van der Waals surface area contributed by atoms with Crippen LogP contribution in [0.15, 0.2) is 42.5 Å². The smallest absolute Gasteiger partial charge is 0.387 e. The predicted octanol–water partition coefficient (Wildman–Crippen LogP) is 4.16. The van der Waals surface area contributed by atoms with E-state index in [2.05, 4.69) is 15.0 Å². The molecule has 2 aromatic rings. The molecule has 1 heterocycles. The Labute approximate surface area is 168 Å². The normalized spacial score (nSPS) is 13.2. The van der Waals surface area contributed by atoms with Crippen LogP contribution in [0.25, 0.3) is 0 Å². The van der Waals surface area contributed by atoms with E-state index in [0.717, 1.165) is 41.8 Å². The molecule has 0 unspecified atom stereocenters. The zero-order chi connectivity index (χ0) is 20.8. The molecule has 0 fully saturated rings. The predicted molar refractivity (Wildman–Crippen MR) is 105 cm³/mol. The molecule has 3 rings (SSSR count). The van der Waals surface area contributed by atoms with Gasteiger partial charge in [0, 0.05) is 25.3 Å². The number of halogens is 2. The van der Waals surface area contributed by atoms with Crippen molar-refractivity contribution in [3.63, 3.8) is 0 Å². The Morgan fingerprint density at radius 3 is 2.86 bits per heavy atom. The van der Waals surface area contributed by atoms with Crippen LogP contribution >= 0.6 is 0 Å². The van der Waals surface area contributed by atoms with E-state index in [4.69, 9.17) is 0 Å². The van der Waals surface area contributed by atoms with E-state index in [1.54, 1.807) is 19.1 Å². The van der Waals surface area contributed by atoms with E-state index in [1.807, 2.05) is 24.3 Å². The molecule has 8 heteroatoms. The van der Waals surface area contributed by atoms with Gasteiger partial charge in [-0.05, 0) is 54.7 Å². The summed E-state index contributed by atoms with van der Waals surface area (Å²) in [4.78, 5) is 13.9. The number of ether oxygens (including phenoxy) is 1. The maximum atomic E-state index is 12.5. The van der Waals surface area contributed by atoms with Crippen LogP contribution < -0.4 is 15.0 Å². The molecule has 0 saturated heterocycles. The molecule has 1 aliphatic rings. The molecule has 6 nitrogen and oxygen atoms in total. The monoisotopic (exact) mass is 405 g/mol.